The van der Waals surface area contributed by atoms with Gasteiger partial charge in [-0.05, 0) is 54.3 Å². The third kappa shape index (κ3) is 3.98. The average Bonchev–Trinajstić information content (AvgIpc) is 2.98. The van der Waals surface area contributed by atoms with E-state index in [2.05, 4.69) is 0 Å². The molecule has 0 spiro atoms. The fourth-order valence-electron chi connectivity index (χ4n) is 2.58. The number of aromatic nitrogens is 1. The van der Waals surface area contributed by atoms with Crippen LogP contribution in [0.3, 0.4) is 0 Å². The van der Waals surface area contributed by atoms with Crippen LogP contribution in [0.2, 0.25) is 0 Å². The Bertz CT molecular complexity index is 1250. The first-order chi connectivity index (χ1) is 13.4. The second-order valence-electron chi connectivity index (χ2n) is 5.88. The predicted molar refractivity (Wildman–Crippen MR) is 110 cm³/mol. The first kappa shape index (κ1) is 19.8. The SMILES string of the molecule is CSc1ccc(/C=c2\s/c(=C(/C#N)C(=O)c3ccc(F)cc3)n(C)c2=O)cc1. The summed E-state index contributed by atoms with van der Waals surface area (Å²) >= 11 is 2.71. The zero-order valence-corrected chi connectivity index (χ0v) is 16.7. The Morgan fingerprint density at radius 1 is 1.18 bits per heavy atom. The Morgan fingerprint density at radius 3 is 2.39 bits per heavy atom. The maximum Gasteiger partial charge on any atom is 0.268 e. The van der Waals surface area contributed by atoms with Gasteiger partial charge >= 0.3 is 0 Å². The van der Waals surface area contributed by atoms with Gasteiger partial charge in [-0.1, -0.05) is 12.1 Å². The van der Waals surface area contributed by atoms with Crippen molar-refractivity contribution in [3.63, 3.8) is 0 Å². The highest BCUT2D eigenvalue weighted by atomic mass is 32.2. The molecule has 0 N–H and O–H groups in total. The van der Waals surface area contributed by atoms with E-state index in [1.807, 2.05) is 36.6 Å². The van der Waals surface area contributed by atoms with Gasteiger partial charge in [-0.2, -0.15) is 5.26 Å². The van der Waals surface area contributed by atoms with Gasteiger partial charge in [-0.15, -0.1) is 23.1 Å². The first-order valence-corrected chi connectivity index (χ1v) is 10.2. The number of ketones is 1. The largest absolute Gasteiger partial charge is 0.301 e. The number of carbonyl (C=O) groups is 1. The summed E-state index contributed by atoms with van der Waals surface area (Å²) in [5.41, 5.74) is 0.617. The molecule has 1 heterocycles. The normalized spacial score (nSPS) is 12.6. The molecule has 140 valence electrons. The molecule has 0 radical (unpaired) electrons. The molecule has 0 bridgehead atoms. The number of nitrogens with zero attached hydrogens (tertiary/aromatic N) is 2. The summed E-state index contributed by atoms with van der Waals surface area (Å²) in [4.78, 5) is 26.4. The lowest BCUT2D eigenvalue weighted by molar-refractivity contribution is 0.105. The van der Waals surface area contributed by atoms with Crippen LogP contribution in [0, 0.1) is 17.1 Å². The number of nitriles is 1. The summed E-state index contributed by atoms with van der Waals surface area (Å²) in [5.74, 6) is -1.02. The molecule has 0 unspecified atom stereocenters. The van der Waals surface area contributed by atoms with E-state index in [4.69, 9.17) is 0 Å². The molecule has 4 nitrogen and oxygen atoms in total. The Labute approximate surface area is 168 Å². The van der Waals surface area contributed by atoms with Crippen molar-refractivity contribution in [1.82, 2.24) is 4.57 Å². The van der Waals surface area contributed by atoms with Gasteiger partial charge in [0.2, 0.25) is 5.78 Å². The van der Waals surface area contributed by atoms with Crippen LogP contribution in [-0.2, 0) is 7.05 Å². The van der Waals surface area contributed by atoms with Gasteiger partial charge in [0.1, 0.15) is 22.1 Å². The zero-order chi connectivity index (χ0) is 20.3. The second-order valence-corrected chi connectivity index (χ2v) is 7.79. The Kier molecular flexibility index (Phi) is 5.93. The fourth-order valence-corrected chi connectivity index (χ4v) is 4.07. The highest BCUT2D eigenvalue weighted by molar-refractivity contribution is 7.98. The fraction of sp³-hybridized carbons (Fsp3) is 0.0952. The lowest BCUT2D eigenvalue weighted by atomic mass is 10.1. The van der Waals surface area contributed by atoms with Crippen LogP contribution in [0.4, 0.5) is 4.39 Å². The van der Waals surface area contributed by atoms with Crippen molar-refractivity contribution in [2.24, 2.45) is 7.05 Å². The number of thiazole rings is 1. The number of rotatable bonds is 4. The molecule has 3 rings (SSSR count). The van der Waals surface area contributed by atoms with Crippen molar-refractivity contribution in [2.75, 3.05) is 6.26 Å². The number of hydrogen-bond donors (Lipinski definition) is 0. The van der Waals surface area contributed by atoms with Gasteiger partial charge in [-0.3, -0.25) is 9.59 Å². The van der Waals surface area contributed by atoms with Crippen LogP contribution in [0.5, 0.6) is 0 Å². The molecule has 0 saturated heterocycles. The molecule has 0 fully saturated rings. The summed E-state index contributed by atoms with van der Waals surface area (Å²) in [6, 6.07) is 14.6. The number of Topliss-reactive ketones (excluding diaryl/α,β-unsaturated/α-hetero) is 1. The number of benzene rings is 2. The minimum absolute atomic E-state index is 0.145. The highest BCUT2D eigenvalue weighted by Gasteiger charge is 2.16. The number of thioether (sulfide) groups is 1. The maximum atomic E-state index is 13.1. The lowest BCUT2D eigenvalue weighted by Crippen LogP contribution is -2.30. The Hall–Kier alpha value is -2.95. The zero-order valence-electron chi connectivity index (χ0n) is 15.1. The Balaban J connectivity index is 2.15. The quantitative estimate of drug-likeness (QED) is 0.490. The van der Waals surface area contributed by atoms with Crippen LogP contribution >= 0.6 is 23.1 Å². The van der Waals surface area contributed by atoms with Crippen LogP contribution in [0.25, 0.3) is 11.6 Å². The molecular weight excluding hydrogens is 395 g/mol. The van der Waals surface area contributed by atoms with Gasteiger partial charge in [0, 0.05) is 17.5 Å². The van der Waals surface area contributed by atoms with Gasteiger partial charge in [0.15, 0.2) is 0 Å². The van der Waals surface area contributed by atoms with Crippen LogP contribution < -0.4 is 14.8 Å². The maximum absolute atomic E-state index is 13.1. The van der Waals surface area contributed by atoms with Crippen molar-refractivity contribution in [3.05, 3.63) is 85.0 Å². The van der Waals surface area contributed by atoms with Crippen molar-refractivity contribution < 1.29 is 9.18 Å². The summed E-state index contributed by atoms with van der Waals surface area (Å²) < 4.78 is 15.1. The van der Waals surface area contributed by atoms with E-state index >= 15 is 0 Å². The minimum Gasteiger partial charge on any atom is -0.301 e. The van der Waals surface area contributed by atoms with Crippen LogP contribution in [0.1, 0.15) is 15.9 Å². The minimum atomic E-state index is -0.546. The molecule has 0 saturated carbocycles. The van der Waals surface area contributed by atoms with E-state index in [1.165, 1.54) is 23.7 Å². The monoisotopic (exact) mass is 410 g/mol. The van der Waals surface area contributed by atoms with E-state index < -0.39 is 11.6 Å². The third-order valence-corrected chi connectivity index (χ3v) is 6.03. The molecule has 28 heavy (non-hydrogen) atoms. The van der Waals surface area contributed by atoms with Crippen molar-refractivity contribution in [2.45, 2.75) is 4.90 Å². The second kappa shape index (κ2) is 8.38. The van der Waals surface area contributed by atoms with E-state index in [0.717, 1.165) is 33.9 Å². The number of carbonyl (C=O) groups excluding carboxylic acids is 1. The van der Waals surface area contributed by atoms with Crippen LogP contribution in [-0.4, -0.2) is 16.6 Å². The number of halogens is 1. The molecule has 2 aromatic carbocycles. The van der Waals surface area contributed by atoms with E-state index in [9.17, 15) is 19.2 Å². The highest BCUT2D eigenvalue weighted by Crippen LogP contribution is 2.15. The standard InChI is InChI=1S/C21H15FN2O2S2/c1-24-20(26)18(11-13-3-9-16(27-2)10-4-13)28-21(24)17(12-23)19(25)14-5-7-15(22)8-6-14/h3-11H,1-2H3/b18-11-,21-17-. The van der Waals surface area contributed by atoms with Gasteiger partial charge < -0.3 is 4.57 Å². The summed E-state index contributed by atoms with van der Waals surface area (Å²) in [6.07, 6.45) is 3.72. The van der Waals surface area contributed by atoms with Crippen LogP contribution in [0.15, 0.2) is 58.2 Å². The first-order valence-electron chi connectivity index (χ1n) is 8.21. The summed E-state index contributed by atoms with van der Waals surface area (Å²) in [5, 5.41) is 9.53. The number of hydrogen-bond acceptors (Lipinski definition) is 5. The van der Waals surface area contributed by atoms with E-state index in [1.54, 1.807) is 17.8 Å². The topological polar surface area (TPSA) is 62.9 Å². The van der Waals surface area contributed by atoms with E-state index in [0.29, 0.717) is 4.53 Å². The van der Waals surface area contributed by atoms with Gasteiger partial charge in [-0.25, -0.2) is 4.39 Å². The molecule has 3 aromatic rings. The predicted octanol–water partition coefficient (Wildman–Crippen LogP) is 2.69. The molecule has 0 aliphatic heterocycles. The van der Waals surface area contributed by atoms with Gasteiger partial charge in [0.05, 0.1) is 4.53 Å². The molecule has 0 atom stereocenters. The van der Waals surface area contributed by atoms with Crippen molar-refractivity contribution >= 4 is 40.5 Å². The molecule has 7 heteroatoms. The molecule has 0 amide bonds. The molecule has 0 aliphatic rings. The Morgan fingerprint density at radius 2 is 1.82 bits per heavy atom. The summed E-state index contributed by atoms with van der Waals surface area (Å²) in [6.45, 7) is 0. The average molecular weight is 410 g/mol. The van der Waals surface area contributed by atoms with Gasteiger partial charge in [0.25, 0.3) is 5.56 Å². The van der Waals surface area contributed by atoms with Crippen molar-refractivity contribution in [3.8, 4) is 6.07 Å². The van der Waals surface area contributed by atoms with E-state index in [-0.39, 0.29) is 21.4 Å². The third-order valence-electron chi connectivity index (χ3n) is 4.10. The van der Waals surface area contributed by atoms with Crippen molar-refractivity contribution in [1.29, 1.82) is 5.26 Å². The molecule has 1 aromatic heterocycles. The summed E-state index contributed by atoms with van der Waals surface area (Å²) in [7, 11) is 1.53. The molecular formula is C21H15FN2O2S2. The molecule has 0 aliphatic carbocycles. The lowest BCUT2D eigenvalue weighted by Gasteiger charge is -1.99. The smallest absolute Gasteiger partial charge is 0.268 e.